The minimum absolute atomic E-state index is 0.0969. The molecule has 2 rings (SSSR count). The largest absolute Gasteiger partial charge is 0.324 e. The standard InChI is InChI=1S/C14H19N5O2/c1-9-7-10(5-6-11(9)19(20)21)13-17-16-12(8-15)18(13)14(2,3)4/h5-7H,8,15H2,1-4H3. The molecule has 0 aliphatic heterocycles. The molecule has 0 spiro atoms. The van der Waals surface area contributed by atoms with Gasteiger partial charge < -0.3 is 10.3 Å². The Balaban J connectivity index is 2.60. The maximum Gasteiger partial charge on any atom is 0.272 e. The Kier molecular flexibility index (Phi) is 3.78. The van der Waals surface area contributed by atoms with Crippen LogP contribution in [-0.4, -0.2) is 19.7 Å². The average Bonchev–Trinajstić information content (AvgIpc) is 2.81. The third-order valence-corrected chi connectivity index (χ3v) is 3.24. The average molecular weight is 289 g/mol. The zero-order valence-electron chi connectivity index (χ0n) is 12.6. The van der Waals surface area contributed by atoms with Crippen molar-refractivity contribution in [2.24, 2.45) is 5.73 Å². The Labute approximate surface area is 122 Å². The first-order chi connectivity index (χ1) is 9.75. The minimum atomic E-state index is -0.390. The van der Waals surface area contributed by atoms with E-state index in [1.807, 2.05) is 25.3 Å². The lowest BCUT2D eigenvalue weighted by Crippen LogP contribution is -2.26. The Bertz CT molecular complexity index is 685. The molecule has 7 heteroatoms. The number of aromatic nitrogens is 3. The van der Waals surface area contributed by atoms with Gasteiger partial charge >= 0.3 is 0 Å². The van der Waals surface area contributed by atoms with E-state index in [0.29, 0.717) is 17.2 Å². The summed E-state index contributed by atoms with van der Waals surface area (Å²) in [4.78, 5) is 10.5. The van der Waals surface area contributed by atoms with Crippen LogP contribution in [0.1, 0.15) is 32.2 Å². The Morgan fingerprint density at radius 1 is 1.33 bits per heavy atom. The molecule has 0 bridgehead atoms. The molecule has 2 N–H and O–H groups in total. The van der Waals surface area contributed by atoms with Crippen LogP contribution in [0.15, 0.2) is 18.2 Å². The Morgan fingerprint density at radius 2 is 2.00 bits per heavy atom. The lowest BCUT2D eigenvalue weighted by atomic mass is 10.1. The SMILES string of the molecule is Cc1cc(-c2nnc(CN)n2C(C)(C)C)ccc1[N+](=O)[O-]. The predicted molar refractivity (Wildman–Crippen MR) is 79.7 cm³/mol. The van der Waals surface area contributed by atoms with E-state index in [1.54, 1.807) is 19.1 Å². The van der Waals surface area contributed by atoms with Crippen molar-refractivity contribution < 1.29 is 4.92 Å². The van der Waals surface area contributed by atoms with E-state index >= 15 is 0 Å². The van der Waals surface area contributed by atoms with Crippen LogP contribution in [0.25, 0.3) is 11.4 Å². The highest BCUT2D eigenvalue weighted by atomic mass is 16.6. The topological polar surface area (TPSA) is 99.9 Å². The minimum Gasteiger partial charge on any atom is -0.324 e. The van der Waals surface area contributed by atoms with Gasteiger partial charge in [-0.1, -0.05) is 0 Å². The summed E-state index contributed by atoms with van der Waals surface area (Å²) in [5.41, 5.74) is 6.97. The van der Waals surface area contributed by atoms with Crippen molar-refractivity contribution in [2.45, 2.75) is 39.8 Å². The highest BCUT2D eigenvalue weighted by molar-refractivity contribution is 5.61. The molecule has 0 radical (unpaired) electrons. The quantitative estimate of drug-likeness (QED) is 0.690. The van der Waals surface area contributed by atoms with E-state index in [-0.39, 0.29) is 22.7 Å². The second kappa shape index (κ2) is 5.25. The number of nitro benzene ring substituents is 1. The number of hydrogen-bond donors (Lipinski definition) is 1. The first kappa shape index (κ1) is 15.1. The van der Waals surface area contributed by atoms with Crippen molar-refractivity contribution in [3.05, 3.63) is 39.7 Å². The molecule has 0 fully saturated rings. The van der Waals surface area contributed by atoms with Crippen LogP contribution in [0, 0.1) is 17.0 Å². The number of hydrogen-bond acceptors (Lipinski definition) is 5. The lowest BCUT2D eigenvalue weighted by Gasteiger charge is -2.24. The van der Waals surface area contributed by atoms with Crippen LogP contribution in [0.3, 0.4) is 0 Å². The van der Waals surface area contributed by atoms with Gasteiger partial charge in [-0.15, -0.1) is 10.2 Å². The highest BCUT2D eigenvalue weighted by Gasteiger charge is 2.24. The molecule has 112 valence electrons. The van der Waals surface area contributed by atoms with E-state index < -0.39 is 0 Å². The van der Waals surface area contributed by atoms with E-state index in [2.05, 4.69) is 10.2 Å². The summed E-state index contributed by atoms with van der Waals surface area (Å²) in [7, 11) is 0. The van der Waals surface area contributed by atoms with Crippen molar-refractivity contribution in [3.63, 3.8) is 0 Å². The molecular formula is C14H19N5O2. The molecule has 0 saturated heterocycles. The Morgan fingerprint density at radius 3 is 2.48 bits per heavy atom. The van der Waals surface area contributed by atoms with Gasteiger partial charge in [0.25, 0.3) is 5.69 Å². The summed E-state index contributed by atoms with van der Waals surface area (Å²) < 4.78 is 1.97. The van der Waals surface area contributed by atoms with Crippen molar-refractivity contribution in [1.82, 2.24) is 14.8 Å². The van der Waals surface area contributed by atoms with Crippen molar-refractivity contribution in [3.8, 4) is 11.4 Å². The van der Waals surface area contributed by atoms with E-state index in [0.717, 1.165) is 5.56 Å². The van der Waals surface area contributed by atoms with E-state index in [9.17, 15) is 10.1 Å². The monoisotopic (exact) mass is 289 g/mol. The summed E-state index contributed by atoms with van der Waals surface area (Å²) in [6.45, 7) is 8.12. The van der Waals surface area contributed by atoms with Gasteiger partial charge in [0.2, 0.25) is 0 Å². The fourth-order valence-corrected chi connectivity index (χ4v) is 2.34. The predicted octanol–water partition coefficient (Wildman–Crippen LogP) is 2.38. The second-order valence-electron chi connectivity index (χ2n) is 5.91. The van der Waals surface area contributed by atoms with Crippen LogP contribution in [0.4, 0.5) is 5.69 Å². The van der Waals surface area contributed by atoms with Crippen LogP contribution in [0.5, 0.6) is 0 Å². The molecule has 0 unspecified atom stereocenters. The molecule has 21 heavy (non-hydrogen) atoms. The molecule has 2 aromatic rings. The summed E-state index contributed by atoms with van der Waals surface area (Å²) in [6.07, 6.45) is 0. The van der Waals surface area contributed by atoms with Gasteiger partial charge in [0.05, 0.1) is 11.5 Å². The molecule has 1 aromatic heterocycles. The molecule has 1 aromatic carbocycles. The number of nitro groups is 1. The summed E-state index contributed by atoms with van der Waals surface area (Å²) in [6, 6.07) is 4.94. The smallest absolute Gasteiger partial charge is 0.272 e. The summed E-state index contributed by atoms with van der Waals surface area (Å²) in [5.74, 6) is 1.36. The van der Waals surface area contributed by atoms with Gasteiger partial charge in [0.15, 0.2) is 5.82 Å². The van der Waals surface area contributed by atoms with Crippen LogP contribution < -0.4 is 5.73 Å². The fraction of sp³-hybridized carbons (Fsp3) is 0.429. The molecule has 0 saturated carbocycles. The molecule has 7 nitrogen and oxygen atoms in total. The van der Waals surface area contributed by atoms with Crippen molar-refractivity contribution >= 4 is 5.69 Å². The fourth-order valence-electron chi connectivity index (χ4n) is 2.34. The van der Waals surface area contributed by atoms with Gasteiger partial charge in [-0.3, -0.25) is 10.1 Å². The number of nitrogens with zero attached hydrogens (tertiary/aromatic N) is 4. The van der Waals surface area contributed by atoms with Crippen molar-refractivity contribution in [1.29, 1.82) is 0 Å². The first-order valence-corrected chi connectivity index (χ1v) is 6.66. The maximum absolute atomic E-state index is 10.9. The molecule has 0 aliphatic carbocycles. The first-order valence-electron chi connectivity index (χ1n) is 6.66. The number of benzene rings is 1. The normalized spacial score (nSPS) is 11.7. The van der Waals surface area contributed by atoms with Crippen molar-refractivity contribution in [2.75, 3.05) is 0 Å². The van der Waals surface area contributed by atoms with Crippen LogP contribution in [0.2, 0.25) is 0 Å². The molecular weight excluding hydrogens is 270 g/mol. The number of rotatable bonds is 3. The molecule has 0 amide bonds. The van der Waals surface area contributed by atoms with Gasteiger partial charge in [0, 0.05) is 22.7 Å². The summed E-state index contributed by atoms with van der Waals surface area (Å²) >= 11 is 0. The zero-order chi connectivity index (χ0) is 15.8. The van der Waals surface area contributed by atoms with Gasteiger partial charge in [-0.05, 0) is 39.8 Å². The molecule has 0 aliphatic rings. The van der Waals surface area contributed by atoms with Gasteiger partial charge in [-0.2, -0.15) is 0 Å². The third kappa shape index (κ3) is 2.78. The van der Waals surface area contributed by atoms with E-state index in [4.69, 9.17) is 5.73 Å². The summed E-state index contributed by atoms with van der Waals surface area (Å²) in [5, 5.41) is 19.2. The molecule has 0 atom stereocenters. The maximum atomic E-state index is 10.9. The number of aryl methyl sites for hydroxylation is 1. The molecule has 1 heterocycles. The van der Waals surface area contributed by atoms with Gasteiger partial charge in [-0.25, -0.2) is 0 Å². The second-order valence-corrected chi connectivity index (χ2v) is 5.91. The Hall–Kier alpha value is -2.28. The van der Waals surface area contributed by atoms with E-state index in [1.165, 1.54) is 6.07 Å². The van der Waals surface area contributed by atoms with Crippen LogP contribution >= 0.6 is 0 Å². The lowest BCUT2D eigenvalue weighted by molar-refractivity contribution is -0.385. The number of nitrogens with two attached hydrogens (primary N) is 1. The van der Waals surface area contributed by atoms with Gasteiger partial charge in [0.1, 0.15) is 5.82 Å². The third-order valence-electron chi connectivity index (χ3n) is 3.24. The zero-order valence-corrected chi connectivity index (χ0v) is 12.6. The van der Waals surface area contributed by atoms with Crippen LogP contribution in [-0.2, 0) is 12.1 Å². The highest BCUT2D eigenvalue weighted by Crippen LogP contribution is 2.29.